The van der Waals surface area contributed by atoms with Gasteiger partial charge in [-0.05, 0) is 0 Å². The molecular formula is C5HCl5F2. The Kier molecular flexibility index (Phi) is 2.81. The van der Waals surface area contributed by atoms with Crippen molar-refractivity contribution in [3.8, 4) is 0 Å². The van der Waals surface area contributed by atoms with E-state index in [-0.39, 0.29) is 0 Å². The summed E-state index contributed by atoms with van der Waals surface area (Å²) in [5.41, 5.74) is 0. The molecule has 0 radical (unpaired) electrons. The predicted octanol–water partition coefficient (Wildman–Crippen LogP) is 4.11. The van der Waals surface area contributed by atoms with Crippen LogP contribution in [0.5, 0.6) is 0 Å². The summed E-state index contributed by atoms with van der Waals surface area (Å²) < 4.78 is 21.3. The molecule has 0 N–H and O–H groups in total. The molecule has 0 heterocycles. The summed E-state index contributed by atoms with van der Waals surface area (Å²) in [5.74, 6) is -1.25. The fourth-order valence-electron chi connectivity index (χ4n) is 0.726. The van der Waals surface area contributed by atoms with Crippen LogP contribution in [-0.2, 0) is 0 Å². The third-order valence-corrected chi connectivity index (χ3v) is 4.07. The number of hydrogen-bond donors (Lipinski definition) is 0. The third-order valence-electron chi connectivity index (χ3n) is 1.44. The molecule has 0 aliphatic heterocycles. The maximum Gasteiger partial charge on any atom is 0.206 e. The molecule has 70 valence electrons. The molecule has 0 aromatic rings. The van der Waals surface area contributed by atoms with Crippen molar-refractivity contribution in [1.29, 1.82) is 0 Å². The highest BCUT2D eigenvalue weighted by atomic mass is 35.5. The number of allylic oxidation sites excluding steroid dienone is 2. The van der Waals surface area contributed by atoms with Crippen LogP contribution in [0.1, 0.15) is 0 Å². The molecule has 0 saturated carbocycles. The van der Waals surface area contributed by atoms with Crippen LogP contribution in [0, 0.1) is 0 Å². The predicted molar refractivity (Wildman–Crippen MR) is 47.8 cm³/mol. The Bertz CT molecular complexity index is 246. The van der Waals surface area contributed by atoms with Gasteiger partial charge in [-0.2, -0.15) is 0 Å². The lowest BCUT2D eigenvalue weighted by atomic mass is 10.3. The van der Waals surface area contributed by atoms with Gasteiger partial charge in [-0.25, -0.2) is 8.78 Å². The van der Waals surface area contributed by atoms with Crippen LogP contribution in [0.15, 0.2) is 10.9 Å². The van der Waals surface area contributed by atoms with E-state index in [2.05, 4.69) is 0 Å². The summed E-state index contributed by atoms with van der Waals surface area (Å²) in [7, 11) is 0. The SMILES string of the molecule is FC1=C(Cl)C(F)C(Cl)(Cl)C1(Cl)Cl. The fourth-order valence-corrected chi connectivity index (χ4v) is 2.02. The highest BCUT2D eigenvalue weighted by Crippen LogP contribution is 2.59. The van der Waals surface area contributed by atoms with E-state index in [1.165, 1.54) is 0 Å². The Labute approximate surface area is 92.4 Å². The minimum absolute atomic E-state index is 0.787. The first kappa shape index (κ1) is 11.1. The molecule has 1 rings (SSSR count). The van der Waals surface area contributed by atoms with Gasteiger partial charge in [0.15, 0.2) is 16.3 Å². The summed E-state index contributed by atoms with van der Waals surface area (Å²) in [5, 5.41) is -0.787. The van der Waals surface area contributed by atoms with E-state index in [1.807, 2.05) is 0 Å². The van der Waals surface area contributed by atoms with E-state index in [0.717, 1.165) is 0 Å². The molecule has 0 fully saturated rings. The standard InChI is InChI=1S/C5HCl5F2/c6-1-2(11)4(7,8)5(9,10)3(1)12/h2H. The van der Waals surface area contributed by atoms with Crippen LogP contribution >= 0.6 is 58.0 Å². The number of hydrogen-bond acceptors (Lipinski definition) is 0. The second-order valence-corrected chi connectivity index (χ2v) is 5.34. The van der Waals surface area contributed by atoms with Crippen molar-refractivity contribution >= 4 is 58.0 Å². The monoisotopic (exact) mass is 274 g/mol. The molecule has 0 aromatic heterocycles. The molecule has 7 heteroatoms. The molecule has 1 aliphatic carbocycles. The molecule has 1 atom stereocenters. The van der Waals surface area contributed by atoms with Crippen LogP contribution < -0.4 is 0 Å². The summed E-state index contributed by atoms with van der Waals surface area (Å²) in [6, 6.07) is 0. The van der Waals surface area contributed by atoms with E-state index in [9.17, 15) is 8.78 Å². The molecule has 1 aliphatic rings. The van der Waals surface area contributed by atoms with Crippen LogP contribution in [0.4, 0.5) is 8.78 Å². The van der Waals surface area contributed by atoms with E-state index < -0.39 is 25.7 Å². The molecule has 0 spiro atoms. The lowest BCUT2D eigenvalue weighted by Gasteiger charge is -2.25. The van der Waals surface area contributed by atoms with Gasteiger partial charge in [-0.3, -0.25) is 0 Å². The number of alkyl halides is 5. The first-order valence-corrected chi connectivity index (χ1v) is 4.57. The topological polar surface area (TPSA) is 0 Å². The van der Waals surface area contributed by atoms with Crippen molar-refractivity contribution < 1.29 is 8.78 Å². The number of halogens is 7. The van der Waals surface area contributed by atoms with Crippen molar-refractivity contribution in [1.82, 2.24) is 0 Å². The molecule has 0 bridgehead atoms. The Morgan fingerprint density at radius 2 is 1.58 bits per heavy atom. The Morgan fingerprint density at radius 1 is 1.17 bits per heavy atom. The van der Waals surface area contributed by atoms with E-state index in [4.69, 9.17) is 58.0 Å². The van der Waals surface area contributed by atoms with Crippen LogP contribution in [-0.4, -0.2) is 14.8 Å². The highest BCUT2D eigenvalue weighted by Gasteiger charge is 2.64. The van der Waals surface area contributed by atoms with Gasteiger partial charge in [0.25, 0.3) is 0 Å². The molecule has 0 amide bonds. The zero-order chi connectivity index (χ0) is 9.73. The zero-order valence-corrected chi connectivity index (χ0v) is 9.00. The first-order chi connectivity index (χ1) is 5.23. The van der Waals surface area contributed by atoms with Gasteiger partial charge in [0.2, 0.25) is 4.33 Å². The molecule has 0 aromatic carbocycles. The normalized spacial score (nSPS) is 32.8. The van der Waals surface area contributed by atoms with Crippen molar-refractivity contribution in [3.05, 3.63) is 10.9 Å². The van der Waals surface area contributed by atoms with Gasteiger partial charge in [0, 0.05) is 0 Å². The summed E-state index contributed by atoms with van der Waals surface area (Å²) >= 11 is 26.6. The molecule has 0 saturated heterocycles. The second-order valence-electron chi connectivity index (χ2n) is 2.22. The van der Waals surface area contributed by atoms with Crippen molar-refractivity contribution in [2.45, 2.75) is 14.8 Å². The third kappa shape index (κ3) is 1.24. The molecule has 1 unspecified atom stereocenters. The lowest BCUT2D eigenvalue weighted by Crippen LogP contribution is -2.38. The Hall–Kier alpha value is 1.05. The largest absolute Gasteiger partial charge is 0.238 e. The zero-order valence-electron chi connectivity index (χ0n) is 5.22. The van der Waals surface area contributed by atoms with E-state index in [0.29, 0.717) is 0 Å². The first-order valence-electron chi connectivity index (χ1n) is 2.68. The fraction of sp³-hybridized carbons (Fsp3) is 0.600. The van der Waals surface area contributed by atoms with Gasteiger partial charge >= 0.3 is 0 Å². The average Bonchev–Trinajstić information content (AvgIpc) is 2.05. The number of rotatable bonds is 0. The maximum atomic E-state index is 13.0. The summed E-state index contributed by atoms with van der Waals surface area (Å²) in [6.07, 6.45) is -2.11. The van der Waals surface area contributed by atoms with Crippen LogP contribution in [0.2, 0.25) is 0 Å². The minimum Gasteiger partial charge on any atom is -0.238 e. The summed E-state index contributed by atoms with van der Waals surface area (Å²) in [4.78, 5) is 0. The second kappa shape index (κ2) is 3.03. The van der Waals surface area contributed by atoms with E-state index >= 15 is 0 Å². The Balaban J connectivity index is 3.22. The lowest BCUT2D eigenvalue weighted by molar-refractivity contribution is 0.368. The van der Waals surface area contributed by atoms with Gasteiger partial charge in [-0.15, -0.1) is 0 Å². The highest BCUT2D eigenvalue weighted by molar-refractivity contribution is 6.65. The van der Waals surface area contributed by atoms with Crippen molar-refractivity contribution in [3.63, 3.8) is 0 Å². The molecule has 12 heavy (non-hydrogen) atoms. The summed E-state index contributed by atoms with van der Waals surface area (Å²) in [6.45, 7) is 0. The average molecular weight is 276 g/mol. The smallest absolute Gasteiger partial charge is 0.206 e. The van der Waals surface area contributed by atoms with Gasteiger partial charge in [0.1, 0.15) is 0 Å². The van der Waals surface area contributed by atoms with Crippen LogP contribution in [0.25, 0.3) is 0 Å². The Morgan fingerprint density at radius 3 is 1.67 bits per heavy atom. The van der Waals surface area contributed by atoms with Crippen molar-refractivity contribution in [2.24, 2.45) is 0 Å². The quantitative estimate of drug-likeness (QED) is 0.584. The van der Waals surface area contributed by atoms with E-state index in [1.54, 1.807) is 0 Å². The minimum atomic E-state index is -2.33. The van der Waals surface area contributed by atoms with Gasteiger partial charge in [-0.1, -0.05) is 58.0 Å². The van der Waals surface area contributed by atoms with Gasteiger partial charge in [0.05, 0.1) is 5.03 Å². The molecule has 0 nitrogen and oxygen atoms in total. The van der Waals surface area contributed by atoms with Gasteiger partial charge < -0.3 is 0 Å². The maximum absolute atomic E-state index is 13.0. The van der Waals surface area contributed by atoms with Crippen molar-refractivity contribution in [2.75, 3.05) is 0 Å². The molecular weight excluding hydrogens is 275 g/mol. The van der Waals surface area contributed by atoms with Crippen LogP contribution in [0.3, 0.4) is 0 Å².